The van der Waals surface area contributed by atoms with E-state index in [-0.39, 0.29) is 11.9 Å². The summed E-state index contributed by atoms with van der Waals surface area (Å²) in [4.78, 5) is 14.3. The summed E-state index contributed by atoms with van der Waals surface area (Å²) < 4.78 is 6.22. The quantitative estimate of drug-likeness (QED) is 0.757. The number of benzene rings is 1. The van der Waals surface area contributed by atoms with E-state index in [1.165, 1.54) is 0 Å². The average molecular weight is 363 g/mol. The van der Waals surface area contributed by atoms with E-state index in [1.807, 2.05) is 29.2 Å². The highest BCUT2D eigenvalue weighted by atomic mass is 79.9. The summed E-state index contributed by atoms with van der Waals surface area (Å²) in [5.74, 6) is 0.0604. The molecule has 1 aliphatic heterocycles. The Morgan fingerprint density at radius 3 is 2.94 bits per heavy atom. The molecule has 0 bridgehead atoms. The van der Waals surface area contributed by atoms with Gasteiger partial charge < -0.3 is 9.64 Å². The number of hydrogen-bond acceptors (Lipinski definition) is 2. The number of amides is 1. The number of carbonyl (C=O) groups excluding carboxylic acids is 1. The van der Waals surface area contributed by atoms with E-state index < -0.39 is 0 Å². The van der Waals surface area contributed by atoms with Gasteiger partial charge >= 0.3 is 0 Å². The number of morpholine rings is 1. The van der Waals surface area contributed by atoms with Crippen molar-refractivity contribution < 1.29 is 9.53 Å². The Bertz CT molecular complexity index is 411. The molecule has 0 N–H and O–H groups in total. The van der Waals surface area contributed by atoms with Crippen molar-refractivity contribution in [3.8, 4) is 0 Å². The molecule has 1 heterocycles. The van der Waals surface area contributed by atoms with Gasteiger partial charge in [-0.2, -0.15) is 0 Å². The minimum Gasteiger partial charge on any atom is -0.377 e. The average Bonchev–Trinajstić information content (AvgIpc) is 2.38. The largest absolute Gasteiger partial charge is 0.377 e. The van der Waals surface area contributed by atoms with E-state index in [2.05, 4.69) is 31.9 Å². The fourth-order valence-electron chi connectivity index (χ4n) is 1.84. The lowest BCUT2D eigenvalue weighted by molar-refractivity contribution is 0.00519. The van der Waals surface area contributed by atoms with E-state index >= 15 is 0 Å². The highest BCUT2D eigenvalue weighted by Gasteiger charge is 2.27. The molecule has 1 aromatic carbocycles. The lowest BCUT2D eigenvalue weighted by Crippen LogP contribution is -2.49. The molecule has 2 rings (SSSR count). The van der Waals surface area contributed by atoms with Gasteiger partial charge in [0.1, 0.15) is 0 Å². The van der Waals surface area contributed by atoms with Crippen LogP contribution in [0.5, 0.6) is 0 Å². The minimum absolute atomic E-state index is 0.0604. The van der Waals surface area contributed by atoms with Crippen LogP contribution >= 0.6 is 31.9 Å². The number of alkyl halides is 1. The van der Waals surface area contributed by atoms with Crippen LogP contribution < -0.4 is 0 Å². The summed E-state index contributed by atoms with van der Waals surface area (Å²) in [5.41, 5.74) is 0.709. The molecular weight excluding hydrogens is 350 g/mol. The molecule has 5 heteroatoms. The lowest BCUT2D eigenvalue weighted by Gasteiger charge is -2.34. The third kappa shape index (κ3) is 2.89. The fourth-order valence-corrected chi connectivity index (χ4v) is 2.83. The summed E-state index contributed by atoms with van der Waals surface area (Å²) in [5, 5.41) is 0.739. The maximum atomic E-state index is 12.4. The number of hydrogen-bond donors (Lipinski definition) is 0. The van der Waals surface area contributed by atoms with Crippen LogP contribution in [-0.4, -0.2) is 41.9 Å². The Morgan fingerprint density at radius 2 is 2.24 bits per heavy atom. The van der Waals surface area contributed by atoms with Gasteiger partial charge in [-0.1, -0.05) is 28.1 Å². The number of ether oxygens (including phenoxy) is 1. The number of rotatable bonds is 2. The Kier molecular flexibility index (Phi) is 4.59. The van der Waals surface area contributed by atoms with E-state index in [0.29, 0.717) is 25.3 Å². The molecule has 0 aromatic heterocycles. The van der Waals surface area contributed by atoms with Crippen molar-refractivity contribution >= 4 is 37.8 Å². The lowest BCUT2D eigenvalue weighted by atomic mass is 10.1. The number of carbonyl (C=O) groups is 1. The van der Waals surface area contributed by atoms with Crippen molar-refractivity contribution in [2.45, 2.75) is 6.04 Å². The number of nitrogens with zero attached hydrogens (tertiary/aromatic N) is 1. The molecule has 1 aliphatic rings. The predicted molar refractivity (Wildman–Crippen MR) is 73.6 cm³/mol. The first-order valence-corrected chi connectivity index (χ1v) is 7.34. The minimum atomic E-state index is 0.0604. The maximum Gasteiger partial charge on any atom is 0.255 e. The molecule has 1 atom stereocenters. The Hall–Kier alpha value is -0.390. The van der Waals surface area contributed by atoms with Crippen LogP contribution in [0.4, 0.5) is 0 Å². The van der Waals surface area contributed by atoms with Crippen LogP contribution in [0.15, 0.2) is 28.7 Å². The number of halogens is 2. The van der Waals surface area contributed by atoms with Crippen LogP contribution in [0.25, 0.3) is 0 Å². The van der Waals surface area contributed by atoms with Gasteiger partial charge in [0, 0.05) is 16.3 Å². The molecule has 1 unspecified atom stereocenters. The zero-order valence-electron chi connectivity index (χ0n) is 9.23. The zero-order valence-corrected chi connectivity index (χ0v) is 12.4. The first-order chi connectivity index (χ1) is 8.24. The molecule has 1 aromatic rings. The van der Waals surface area contributed by atoms with Gasteiger partial charge in [-0.25, -0.2) is 0 Å². The van der Waals surface area contributed by atoms with Gasteiger partial charge in [0.2, 0.25) is 0 Å². The summed E-state index contributed by atoms with van der Waals surface area (Å²) >= 11 is 6.84. The van der Waals surface area contributed by atoms with E-state index in [9.17, 15) is 4.79 Å². The normalized spacial score (nSPS) is 20.4. The monoisotopic (exact) mass is 361 g/mol. The van der Waals surface area contributed by atoms with Crippen molar-refractivity contribution in [2.24, 2.45) is 0 Å². The molecule has 1 saturated heterocycles. The van der Waals surface area contributed by atoms with E-state index in [4.69, 9.17) is 4.74 Å². The van der Waals surface area contributed by atoms with Gasteiger partial charge in [0.25, 0.3) is 5.91 Å². The standard InChI is InChI=1S/C12H13Br2NO2/c13-7-9-8-17-6-5-15(9)12(16)10-3-1-2-4-11(10)14/h1-4,9H,5-8H2. The Morgan fingerprint density at radius 1 is 1.47 bits per heavy atom. The predicted octanol–water partition coefficient (Wildman–Crippen LogP) is 2.69. The first-order valence-electron chi connectivity index (χ1n) is 5.43. The summed E-state index contributed by atoms with van der Waals surface area (Å²) in [7, 11) is 0. The molecule has 1 amide bonds. The van der Waals surface area contributed by atoms with Gasteiger partial charge in [0.05, 0.1) is 24.8 Å². The van der Waals surface area contributed by atoms with E-state index in [1.54, 1.807) is 0 Å². The van der Waals surface area contributed by atoms with Gasteiger partial charge in [-0.05, 0) is 28.1 Å². The maximum absolute atomic E-state index is 12.4. The summed E-state index contributed by atoms with van der Waals surface area (Å²) in [6.45, 7) is 1.86. The van der Waals surface area contributed by atoms with Crippen molar-refractivity contribution in [3.05, 3.63) is 34.3 Å². The van der Waals surface area contributed by atoms with Crippen molar-refractivity contribution in [1.82, 2.24) is 4.90 Å². The Labute approximate surface area is 117 Å². The third-order valence-electron chi connectivity index (χ3n) is 2.77. The smallest absolute Gasteiger partial charge is 0.255 e. The molecular formula is C12H13Br2NO2. The van der Waals surface area contributed by atoms with Crippen LogP contribution in [0.2, 0.25) is 0 Å². The molecule has 17 heavy (non-hydrogen) atoms. The van der Waals surface area contributed by atoms with Gasteiger partial charge in [-0.3, -0.25) is 4.79 Å². The second-order valence-corrected chi connectivity index (χ2v) is 5.36. The molecule has 0 spiro atoms. The highest BCUT2D eigenvalue weighted by Crippen LogP contribution is 2.20. The molecule has 0 aliphatic carbocycles. The SMILES string of the molecule is O=C(c1ccccc1Br)N1CCOCC1CBr. The Balaban J connectivity index is 2.21. The summed E-state index contributed by atoms with van der Waals surface area (Å²) in [6.07, 6.45) is 0. The molecule has 0 radical (unpaired) electrons. The van der Waals surface area contributed by atoms with Crippen LogP contribution in [-0.2, 0) is 4.74 Å². The van der Waals surface area contributed by atoms with Crippen molar-refractivity contribution in [3.63, 3.8) is 0 Å². The van der Waals surface area contributed by atoms with Crippen LogP contribution in [0.1, 0.15) is 10.4 Å². The van der Waals surface area contributed by atoms with Crippen molar-refractivity contribution in [2.75, 3.05) is 25.1 Å². The second-order valence-electron chi connectivity index (χ2n) is 3.86. The third-order valence-corrected chi connectivity index (χ3v) is 4.21. The first kappa shape index (κ1) is 13.1. The van der Waals surface area contributed by atoms with Gasteiger partial charge in [-0.15, -0.1) is 0 Å². The fraction of sp³-hybridized carbons (Fsp3) is 0.417. The highest BCUT2D eigenvalue weighted by molar-refractivity contribution is 9.10. The molecule has 0 saturated carbocycles. The van der Waals surface area contributed by atoms with Gasteiger partial charge in [0.15, 0.2) is 0 Å². The molecule has 3 nitrogen and oxygen atoms in total. The van der Waals surface area contributed by atoms with Crippen molar-refractivity contribution in [1.29, 1.82) is 0 Å². The molecule has 92 valence electrons. The topological polar surface area (TPSA) is 29.5 Å². The second kappa shape index (κ2) is 5.98. The van der Waals surface area contributed by atoms with E-state index in [0.717, 1.165) is 9.80 Å². The molecule has 1 fully saturated rings. The van der Waals surface area contributed by atoms with Crippen LogP contribution in [0, 0.1) is 0 Å². The zero-order chi connectivity index (χ0) is 12.3. The van der Waals surface area contributed by atoms with Crippen LogP contribution in [0.3, 0.4) is 0 Å². The summed E-state index contributed by atoms with van der Waals surface area (Å²) in [6, 6.07) is 7.62.